The lowest BCUT2D eigenvalue weighted by Gasteiger charge is -2.31. The summed E-state index contributed by atoms with van der Waals surface area (Å²) in [6.45, 7) is 3.19. The highest BCUT2D eigenvalue weighted by Gasteiger charge is 2.37. The molecule has 0 unspecified atom stereocenters. The number of nitrogen functional groups attached to an aromatic ring is 1. The molecule has 79 heavy (non-hydrogen) atoms. The second-order valence-corrected chi connectivity index (χ2v) is 20.1. The number of aliphatic hydroxyl groups excluding tert-OH is 1. The number of fused-ring (bicyclic) bond motifs is 1. The standard InChI is InChI=1S/C57H72N10O10S2/c1-33(39-23-22-38-17-9-10-18-40(38)30-39)48(66-54(73)46(29-37-20-24-41(59)25-21-37)63-52(71)44(62-50(69)42(60)31-78)27-35-13-5-3-6-14-35)55(74)61-43(19-11-12-26-58)51(70)67-49(34(2)68)56(75)64-45(28-36-15-7-4-8-16-36)53(72)65-47(32-79)57(76)77/h3-10,13-18,20-25,30,33-34,42-49,68,78-79H,11-12,19,26-29,31-32,58-60H2,1-2H3,(H,61,74)(H,62,69)(H,63,71)(H,64,75)(H,65,72)(H,66,73)(H,67,70)(H,76,77)/t33-,34+,42-,43-,44-,45-,46-,47-,48+,49-/m0/s1. The lowest BCUT2D eigenvalue weighted by Crippen LogP contribution is -2.62. The summed E-state index contributed by atoms with van der Waals surface area (Å²) in [5.41, 5.74) is 20.8. The van der Waals surface area contributed by atoms with E-state index < -0.39 is 108 Å². The first-order valence-corrected chi connectivity index (χ1v) is 27.2. The quantitative estimate of drug-likeness (QED) is 0.0176. The Bertz CT molecular complexity index is 2850. The fourth-order valence-corrected chi connectivity index (χ4v) is 9.02. The smallest absolute Gasteiger partial charge is 0.327 e. The van der Waals surface area contributed by atoms with Gasteiger partial charge in [-0.2, -0.15) is 25.3 Å². The number of rotatable bonds is 30. The number of anilines is 1. The van der Waals surface area contributed by atoms with Gasteiger partial charge in [0.1, 0.15) is 42.3 Å². The highest BCUT2D eigenvalue weighted by molar-refractivity contribution is 7.80. The van der Waals surface area contributed by atoms with Gasteiger partial charge in [0, 0.05) is 42.4 Å². The molecule has 15 N–H and O–H groups in total. The molecule has 7 amide bonds. The van der Waals surface area contributed by atoms with Gasteiger partial charge in [0.05, 0.1) is 12.1 Å². The molecule has 0 aromatic heterocycles. The first-order valence-electron chi connectivity index (χ1n) is 25.9. The molecule has 10 atom stereocenters. The van der Waals surface area contributed by atoms with Crippen LogP contribution in [0.4, 0.5) is 5.69 Å². The van der Waals surface area contributed by atoms with Gasteiger partial charge < -0.3 is 64.6 Å². The van der Waals surface area contributed by atoms with E-state index in [0.29, 0.717) is 40.8 Å². The molecule has 0 bridgehead atoms. The first kappa shape index (κ1) is 62.3. The number of carbonyl (C=O) groups is 8. The Hall–Kier alpha value is -7.50. The minimum atomic E-state index is -1.71. The Labute approximate surface area is 470 Å². The van der Waals surface area contributed by atoms with Crippen LogP contribution in [0.25, 0.3) is 10.8 Å². The molecule has 5 aromatic rings. The number of nitrogens with two attached hydrogens (primary N) is 3. The van der Waals surface area contributed by atoms with Crippen molar-refractivity contribution in [3.63, 3.8) is 0 Å². The Morgan fingerprint density at radius 1 is 0.494 bits per heavy atom. The van der Waals surface area contributed by atoms with Crippen LogP contribution in [0.2, 0.25) is 0 Å². The van der Waals surface area contributed by atoms with Crippen LogP contribution in [0.5, 0.6) is 0 Å². The molecule has 0 aliphatic rings. The molecular formula is C57H72N10O10S2. The molecule has 0 aliphatic carbocycles. The number of unbranched alkanes of at least 4 members (excludes halogenated alkanes) is 1. The summed E-state index contributed by atoms with van der Waals surface area (Å²) in [6, 6.07) is 26.2. The van der Waals surface area contributed by atoms with Gasteiger partial charge in [-0.1, -0.05) is 122 Å². The van der Waals surface area contributed by atoms with Gasteiger partial charge in [-0.05, 0) is 77.9 Å². The van der Waals surface area contributed by atoms with Gasteiger partial charge in [0.15, 0.2) is 0 Å². The molecule has 20 nitrogen and oxygen atoms in total. The molecule has 0 spiro atoms. The molecule has 422 valence electrons. The van der Waals surface area contributed by atoms with Crippen LogP contribution in [-0.2, 0) is 57.6 Å². The van der Waals surface area contributed by atoms with Crippen molar-refractivity contribution in [2.24, 2.45) is 11.5 Å². The van der Waals surface area contributed by atoms with E-state index >= 15 is 4.79 Å². The average molecular weight is 1120 g/mol. The Kier molecular flexibility index (Phi) is 24.6. The van der Waals surface area contributed by atoms with Gasteiger partial charge in [-0.15, -0.1) is 0 Å². The van der Waals surface area contributed by atoms with Crippen molar-refractivity contribution in [1.82, 2.24) is 37.2 Å². The van der Waals surface area contributed by atoms with Crippen LogP contribution in [0.15, 0.2) is 127 Å². The van der Waals surface area contributed by atoms with E-state index in [-0.39, 0.29) is 43.7 Å². The second kappa shape index (κ2) is 31.2. The summed E-state index contributed by atoms with van der Waals surface area (Å²) in [6.07, 6.45) is -1.03. The zero-order valence-corrected chi connectivity index (χ0v) is 45.8. The minimum absolute atomic E-state index is 0.0106. The fourth-order valence-electron chi connectivity index (χ4n) is 8.61. The maximum atomic E-state index is 15.1. The monoisotopic (exact) mass is 1120 g/mol. The number of benzene rings is 5. The molecule has 0 aliphatic heterocycles. The van der Waals surface area contributed by atoms with E-state index in [1.807, 2.05) is 42.5 Å². The molecule has 0 saturated heterocycles. The number of amides is 7. The third-order valence-corrected chi connectivity index (χ3v) is 14.0. The lowest BCUT2D eigenvalue weighted by atomic mass is 9.90. The predicted molar refractivity (Wildman–Crippen MR) is 309 cm³/mol. The highest BCUT2D eigenvalue weighted by atomic mass is 32.1. The number of carboxylic acid groups (broad SMARTS) is 1. The molecule has 22 heteroatoms. The lowest BCUT2D eigenvalue weighted by molar-refractivity contribution is -0.141. The van der Waals surface area contributed by atoms with Crippen molar-refractivity contribution in [2.75, 3.05) is 23.8 Å². The van der Waals surface area contributed by atoms with Crippen LogP contribution in [0, 0.1) is 0 Å². The Morgan fingerprint density at radius 2 is 0.937 bits per heavy atom. The van der Waals surface area contributed by atoms with Crippen molar-refractivity contribution in [3.8, 4) is 0 Å². The maximum absolute atomic E-state index is 15.1. The highest BCUT2D eigenvalue weighted by Crippen LogP contribution is 2.25. The van der Waals surface area contributed by atoms with E-state index in [4.69, 9.17) is 17.2 Å². The van der Waals surface area contributed by atoms with Crippen molar-refractivity contribution in [1.29, 1.82) is 0 Å². The number of aliphatic carboxylic acids is 1. The molecule has 5 rings (SSSR count). The maximum Gasteiger partial charge on any atom is 0.327 e. The van der Waals surface area contributed by atoms with E-state index in [0.717, 1.165) is 10.8 Å². The zero-order chi connectivity index (χ0) is 57.6. The first-order chi connectivity index (χ1) is 37.8. The number of aliphatic hydroxyl groups is 1. The number of nitrogens with one attached hydrogen (secondary N) is 7. The summed E-state index contributed by atoms with van der Waals surface area (Å²) in [5, 5.41) is 41.0. The van der Waals surface area contributed by atoms with Crippen LogP contribution >= 0.6 is 25.3 Å². The summed E-state index contributed by atoms with van der Waals surface area (Å²) in [7, 11) is 0. The average Bonchev–Trinajstić information content (AvgIpc) is 3.45. The fraction of sp³-hybridized carbons (Fsp3) is 0.368. The number of hydrogen-bond acceptors (Lipinski definition) is 14. The van der Waals surface area contributed by atoms with Crippen LogP contribution in [0.1, 0.15) is 61.3 Å². The third-order valence-electron chi connectivity index (χ3n) is 13.2. The number of hydrogen-bond donors (Lipinski definition) is 14. The Morgan fingerprint density at radius 3 is 1.46 bits per heavy atom. The van der Waals surface area contributed by atoms with Crippen molar-refractivity contribution >= 4 is 89.0 Å². The third kappa shape index (κ3) is 19.1. The van der Waals surface area contributed by atoms with Crippen LogP contribution < -0.4 is 54.4 Å². The van der Waals surface area contributed by atoms with Crippen molar-refractivity contribution in [2.45, 2.75) is 113 Å². The van der Waals surface area contributed by atoms with Gasteiger partial charge >= 0.3 is 5.97 Å². The Balaban J connectivity index is 1.49. The molecule has 0 fully saturated rings. The molecule has 5 aromatic carbocycles. The number of carboxylic acids is 1. The number of carbonyl (C=O) groups excluding carboxylic acids is 7. The molecule has 0 heterocycles. The molecule has 0 radical (unpaired) electrons. The minimum Gasteiger partial charge on any atom is -0.480 e. The van der Waals surface area contributed by atoms with Crippen molar-refractivity contribution in [3.05, 3.63) is 150 Å². The SMILES string of the molecule is C[C@@H](O)[C@H](NC(=O)[C@H](CCCCN)NC(=O)[C@H](NC(=O)[C@H](Cc1ccc(N)cc1)NC(=O)[C@H](Cc1ccccc1)NC(=O)[C@@H](N)CS)[C@@H](C)c1ccc2ccccc2c1)C(=O)N[C@@H](Cc1ccccc1)C(=O)N[C@@H](CS)C(=O)O. The van der Waals surface area contributed by atoms with E-state index in [9.17, 15) is 43.8 Å². The predicted octanol–water partition coefficient (Wildman–Crippen LogP) is 1.43. The number of thiol groups is 2. The van der Waals surface area contributed by atoms with Gasteiger partial charge in [-0.25, -0.2) is 4.79 Å². The van der Waals surface area contributed by atoms with Crippen molar-refractivity contribution < 1.29 is 48.6 Å². The summed E-state index contributed by atoms with van der Waals surface area (Å²) < 4.78 is 0. The molecular weight excluding hydrogens is 1050 g/mol. The molecule has 0 saturated carbocycles. The van der Waals surface area contributed by atoms with E-state index in [1.165, 1.54) is 6.92 Å². The summed E-state index contributed by atoms with van der Waals surface area (Å²) >= 11 is 8.18. The van der Waals surface area contributed by atoms with Gasteiger partial charge in [-0.3, -0.25) is 33.6 Å². The van der Waals surface area contributed by atoms with Gasteiger partial charge in [0.2, 0.25) is 41.4 Å². The topological polar surface area (TPSA) is 339 Å². The summed E-state index contributed by atoms with van der Waals surface area (Å²) in [4.78, 5) is 112. The second-order valence-electron chi connectivity index (χ2n) is 19.3. The van der Waals surface area contributed by atoms with Crippen LogP contribution in [-0.4, -0.2) is 130 Å². The summed E-state index contributed by atoms with van der Waals surface area (Å²) in [5.74, 6) is -8.21. The van der Waals surface area contributed by atoms with Crippen LogP contribution in [0.3, 0.4) is 0 Å². The normalized spacial score (nSPS) is 15.0. The van der Waals surface area contributed by atoms with Gasteiger partial charge in [0.25, 0.3) is 0 Å². The van der Waals surface area contributed by atoms with E-state index in [1.54, 1.807) is 91.9 Å². The van der Waals surface area contributed by atoms with E-state index in [2.05, 4.69) is 62.5 Å². The largest absolute Gasteiger partial charge is 0.480 e. The zero-order valence-electron chi connectivity index (χ0n) is 44.0.